The Morgan fingerprint density at radius 2 is 1.76 bits per heavy atom. The Hall–Kier alpha value is -1.28. The van der Waals surface area contributed by atoms with Crippen LogP contribution in [0.5, 0.6) is 0 Å². The number of nitrogens with zero attached hydrogens (tertiary/aromatic N) is 1. The fourth-order valence-electron chi connectivity index (χ4n) is 6.68. The number of hydrogen-bond acceptors (Lipinski definition) is 2. The zero-order chi connectivity index (χ0) is 17.0. The van der Waals surface area contributed by atoms with E-state index in [1.54, 1.807) is 0 Å². The zero-order valence-corrected chi connectivity index (χ0v) is 15.7. The first-order valence-electron chi connectivity index (χ1n) is 9.90. The van der Waals surface area contributed by atoms with Gasteiger partial charge in [-0.2, -0.15) is 0 Å². The van der Waals surface area contributed by atoms with E-state index in [9.17, 15) is 0 Å². The quantitative estimate of drug-likeness (QED) is 0.697. The average molecular weight is 355 g/mol. The highest BCUT2D eigenvalue weighted by Gasteiger charge is 2.50. The minimum Gasteiger partial charge on any atom is -0.368 e. The van der Waals surface area contributed by atoms with E-state index in [4.69, 9.17) is 16.6 Å². The van der Waals surface area contributed by atoms with Crippen molar-refractivity contribution in [3.05, 3.63) is 35.4 Å². The maximum atomic E-state index is 6.32. The highest BCUT2D eigenvalue weighted by atomic mass is 35.5. The molecular formula is C22H27ClN2. The summed E-state index contributed by atoms with van der Waals surface area (Å²) in [7, 11) is 0. The lowest BCUT2D eigenvalue weighted by Crippen LogP contribution is -2.47. The molecule has 25 heavy (non-hydrogen) atoms. The zero-order valence-electron chi connectivity index (χ0n) is 15.0. The number of para-hydroxylation sites is 1. The molecule has 2 nitrogen and oxygen atoms in total. The molecule has 1 unspecified atom stereocenters. The van der Waals surface area contributed by atoms with Gasteiger partial charge in [-0.25, -0.2) is 4.98 Å². The van der Waals surface area contributed by atoms with Crippen molar-refractivity contribution in [1.29, 1.82) is 0 Å². The van der Waals surface area contributed by atoms with Crippen LogP contribution in [-0.2, 0) is 0 Å². The lowest BCUT2D eigenvalue weighted by molar-refractivity contribution is -0.0587. The standard InChI is InChI=1S/C22H27ClN2/c1-14(10-22-11-15-7-16(12-22)9-17(8-15)13-22)24-20-6-5-18-3-2-4-19(23)21(18)25-20/h2-6,14-17H,7-13H2,1H3,(H,24,25). The molecule has 0 radical (unpaired) electrons. The van der Waals surface area contributed by atoms with E-state index in [0.29, 0.717) is 11.5 Å². The van der Waals surface area contributed by atoms with Gasteiger partial charge in [0.25, 0.3) is 0 Å². The maximum Gasteiger partial charge on any atom is 0.126 e. The Balaban J connectivity index is 1.32. The number of halogens is 1. The third-order valence-corrected chi connectivity index (χ3v) is 7.27. The molecule has 3 heteroatoms. The minimum absolute atomic E-state index is 0.462. The number of rotatable bonds is 4. The van der Waals surface area contributed by atoms with Crippen molar-refractivity contribution in [3.8, 4) is 0 Å². The molecule has 0 saturated heterocycles. The van der Waals surface area contributed by atoms with Crippen LogP contribution in [0.25, 0.3) is 10.9 Å². The molecule has 1 heterocycles. The predicted octanol–water partition coefficient (Wildman–Crippen LogP) is 6.30. The fraction of sp³-hybridized carbons (Fsp3) is 0.591. The Kier molecular flexibility index (Phi) is 3.74. The maximum absolute atomic E-state index is 6.32. The second-order valence-electron chi connectivity index (χ2n) is 9.18. The normalized spacial score (nSPS) is 34.4. The lowest BCUT2D eigenvalue weighted by atomic mass is 9.48. The van der Waals surface area contributed by atoms with Crippen LogP contribution in [0.2, 0.25) is 5.02 Å². The van der Waals surface area contributed by atoms with Gasteiger partial charge in [-0.3, -0.25) is 0 Å². The summed E-state index contributed by atoms with van der Waals surface area (Å²) in [6, 6.07) is 10.6. The number of fused-ring (bicyclic) bond motifs is 1. The van der Waals surface area contributed by atoms with Gasteiger partial charge in [0.15, 0.2) is 0 Å². The molecule has 1 N–H and O–H groups in total. The third kappa shape index (κ3) is 2.93. The molecule has 0 aliphatic heterocycles. The van der Waals surface area contributed by atoms with E-state index in [1.165, 1.54) is 44.9 Å². The minimum atomic E-state index is 0.462. The molecule has 6 rings (SSSR count). The van der Waals surface area contributed by atoms with Crippen LogP contribution >= 0.6 is 11.6 Å². The van der Waals surface area contributed by atoms with E-state index < -0.39 is 0 Å². The van der Waals surface area contributed by atoms with Crippen LogP contribution in [0.3, 0.4) is 0 Å². The van der Waals surface area contributed by atoms with Crippen molar-refractivity contribution in [1.82, 2.24) is 4.98 Å². The van der Waals surface area contributed by atoms with E-state index in [0.717, 1.165) is 39.5 Å². The van der Waals surface area contributed by atoms with E-state index in [2.05, 4.69) is 30.4 Å². The Bertz CT molecular complexity index is 764. The number of pyridine rings is 1. The first-order valence-corrected chi connectivity index (χ1v) is 10.3. The van der Waals surface area contributed by atoms with Crippen LogP contribution in [-0.4, -0.2) is 11.0 Å². The van der Waals surface area contributed by atoms with Gasteiger partial charge in [-0.1, -0.05) is 23.7 Å². The Morgan fingerprint density at radius 3 is 2.44 bits per heavy atom. The molecule has 0 spiro atoms. The van der Waals surface area contributed by atoms with Crippen molar-refractivity contribution >= 4 is 28.3 Å². The van der Waals surface area contributed by atoms with E-state index in [-0.39, 0.29) is 0 Å². The molecule has 132 valence electrons. The molecule has 4 fully saturated rings. The van der Waals surface area contributed by atoms with Gasteiger partial charge in [0.2, 0.25) is 0 Å². The first kappa shape index (κ1) is 15.9. The predicted molar refractivity (Wildman–Crippen MR) is 105 cm³/mol. The Labute approximate surface area is 155 Å². The van der Waals surface area contributed by atoms with Gasteiger partial charge >= 0.3 is 0 Å². The summed E-state index contributed by atoms with van der Waals surface area (Å²) in [6.07, 6.45) is 10.3. The summed E-state index contributed by atoms with van der Waals surface area (Å²) >= 11 is 6.32. The monoisotopic (exact) mass is 354 g/mol. The second kappa shape index (κ2) is 5.87. The number of anilines is 1. The van der Waals surface area contributed by atoms with Crippen molar-refractivity contribution in [2.24, 2.45) is 23.2 Å². The van der Waals surface area contributed by atoms with Crippen LogP contribution < -0.4 is 5.32 Å². The SMILES string of the molecule is CC(CC12CC3CC(CC(C3)C1)C2)Nc1ccc2cccc(Cl)c2n1. The third-order valence-electron chi connectivity index (χ3n) is 6.97. The molecule has 1 aromatic heterocycles. The van der Waals surface area contributed by atoms with E-state index >= 15 is 0 Å². The van der Waals surface area contributed by atoms with Crippen LogP contribution in [0.4, 0.5) is 5.82 Å². The molecule has 4 bridgehead atoms. The smallest absolute Gasteiger partial charge is 0.126 e. The first-order chi connectivity index (χ1) is 12.1. The number of nitrogens with one attached hydrogen (secondary N) is 1. The van der Waals surface area contributed by atoms with Gasteiger partial charge < -0.3 is 5.32 Å². The van der Waals surface area contributed by atoms with E-state index in [1.807, 2.05) is 12.1 Å². The van der Waals surface area contributed by atoms with Crippen LogP contribution in [0, 0.1) is 23.2 Å². The van der Waals surface area contributed by atoms with Crippen molar-refractivity contribution in [2.45, 2.75) is 57.9 Å². The number of hydrogen-bond donors (Lipinski definition) is 1. The number of aromatic nitrogens is 1. The largest absolute Gasteiger partial charge is 0.368 e. The van der Waals surface area contributed by atoms with Crippen molar-refractivity contribution in [2.75, 3.05) is 5.32 Å². The molecular weight excluding hydrogens is 328 g/mol. The molecule has 1 aromatic carbocycles. The van der Waals surface area contributed by atoms with Crippen LogP contribution in [0.1, 0.15) is 51.9 Å². The fourth-order valence-corrected chi connectivity index (χ4v) is 6.91. The van der Waals surface area contributed by atoms with Gasteiger partial charge in [0.05, 0.1) is 10.5 Å². The second-order valence-corrected chi connectivity index (χ2v) is 9.58. The summed E-state index contributed by atoms with van der Waals surface area (Å²) in [5, 5.41) is 5.50. The van der Waals surface area contributed by atoms with Gasteiger partial charge in [0.1, 0.15) is 5.82 Å². The summed E-state index contributed by atoms with van der Waals surface area (Å²) in [5.74, 6) is 4.03. The molecule has 4 aliphatic rings. The summed E-state index contributed by atoms with van der Waals surface area (Å²) in [5.41, 5.74) is 1.51. The Morgan fingerprint density at radius 1 is 1.08 bits per heavy atom. The summed E-state index contributed by atoms with van der Waals surface area (Å²) in [6.45, 7) is 2.33. The highest BCUT2D eigenvalue weighted by molar-refractivity contribution is 6.35. The summed E-state index contributed by atoms with van der Waals surface area (Å²) < 4.78 is 0. The van der Waals surface area contributed by atoms with Crippen LogP contribution in [0.15, 0.2) is 30.3 Å². The summed E-state index contributed by atoms with van der Waals surface area (Å²) in [4.78, 5) is 4.77. The molecule has 0 amide bonds. The van der Waals surface area contributed by atoms with Crippen molar-refractivity contribution in [3.63, 3.8) is 0 Å². The van der Waals surface area contributed by atoms with Gasteiger partial charge in [-0.15, -0.1) is 0 Å². The number of benzene rings is 1. The molecule has 1 atom stereocenters. The van der Waals surface area contributed by atoms with Gasteiger partial charge in [0, 0.05) is 11.4 Å². The molecule has 4 saturated carbocycles. The highest BCUT2D eigenvalue weighted by Crippen LogP contribution is 2.61. The van der Waals surface area contributed by atoms with Crippen molar-refractivity contribution < 1.29 is 0 Å². The molecule has 4 aliphatic carbocycles. The van der Waals surface area contributed by atoms with Gasteiger partial charge in [-0.05, 0) is 93.2 Å². The lowest BCUT2D eigenvalue weighted by Gasteiger charge is -2.57. The average Bonchev–Trinajstić information content (AvgIpc) is 2.53. The molecule has 2 aromatic rings. The topological polar surface area (TPSA) is 24.9 Å².